The van der Waals surface area contributed by atoms with Gasteiger partial charge in [0.15, 0.2) is 11.6 Å². The number of methoxy groups -OCH3 is 1. The summed E-state index contributed by atoms with van der Waals surface area (Å²) in [7, 11) is 1.46. The number of hydrogen-bond acceptors (Lipinski definition) is 2. The smallest absolute Gasteiger partial charge is 0.170 e. The van der Waals surface area contributed by atoms with Gasteiger partial charge in [0.05, 0.1) is 13.2 Å². The van der Waals surface area contributed by atoms with Crippen molar-refractivity contribution in [3.63, 3.8) is 0 Å². The summed E-state index contributed by atoms with van der Waals surface area (Å²) < 4.78 is 19.5. The highest BCUT2D eigenvalue weighted by atomic mass is 35.5. The monoisotopic (exact) mass is 293 g/mol. The molecular weight excluding hydrogens is 277 g/mol. The lowest BCUT2D eigenvalue weighted by atomic mass is 9.98. The third-order valence-electron chi connectivity index (χ3n) is 3.11. The van der Waals surface area contributed by atoms with Crippen LogP contribution in [0, 0.1) is 5.82 Å². The molecule has 0 saturated heterocycles. The SMILES string of the molecule is CCNC(c1cccc(Cl)c1)c1cccc(OC)c1F. The van der Waals surface area contributed by atoms with Crippen molar-refractivity contribution < 1.29 is 9.13 Å². The summed E-state index contributed by atoms with van der Waals surface area (Å²) in [5, 5.41) is 3.91. The molecule has 0 aliphatic rings. The molecule has 2 aromatic rings. The zero-order valence-corrected chi connectivity index (χ0v) is 12.2. The average molecular weight is 294 g/mol. The Labute approximate surface area is 123 Å². The van der Waals surface area contributed by atoms with E-state index >= 15 is 0 Å². The lowest BCUT2D eigenvalue weighted by molar-refractivity contribution is 0.382. The van der Waals surface area contributed by atoms with E-state index in [0.717, 1.165) is 5.56 Å². The molecule has 0 saturated carbocycles. The van der Waals surface area contributed by atoms with Gasteiger partial charge in [-0.1, -0.05) is 42.8 Å². The molecule has 1 atom stereocenters. The van der Waals surface area contributed by atoms with Crippen molar-refractivity contribution in [2.75, 3.05) is 13.7 Å². The van der Waals surface area contributed by atoms with Crippen LogP contribution in [0.2, 0.25) is 5.02 Å². The van der Waals surface area contributed by atoms with E-state index in [9.17, 15) is 4.39 Å². The topological polar surface area (TPSA) is 21.3 Å². The van der Waals surface area contributed by atoms with Crippen molar-refractivity contribution in [2.45, 2.75) is 13.0 Å². The summed E-state index contributed by atoms with van der Waals surface area (Å²) in [6.45, 7) is 2.70. The van der Waals surface area contributed by atoms with Crippen molar-refractivity contribution in [1.82, 2.24) is 5.32 Å². The Morgan fingerprint density at radius 1 is 1.25 bits per heavy atom. The van der Waals surface area contributed by atoms with Crippen molar-refractivity contribution in [3.8, 4) is 5.75 Å². The molecule has 2 rings (SSSR count). The van der Waals surface area contributed by atoms with Crippen molar-refractivity contribution in [2.24, 2.45) is 0 Å². The number of halogens is 2. The van der Waals surface area contributed by atoms with Gasteiger partial charge < -0.3 is 10.1 Å². The molecule has 0 fully saturated rings. The number of hydrogen-bond donors (Lipinski definition) is 1. The third kappa shape index (κ3) is 3.11. The highest BCUT2D eigenvalue weighted by molar-refractivity contribution is 6.30. The fourth-order valence-corrected chi connectivity index (χ4v) is 2.40. The molecule has 2 nitrogen and oxygen atoms in total. The molecule has 0 radical (unpaired) electrons. The van der Waals surface area contributed by atoms with Crippen molar-refractivity contribution >= 4 is 11.6 Å². The first-order valence-corrected chi connectivity index (χ1v) is 6.86. The zero-order chi connectivity index (χ0) is 14.5. The van der Waals surface area contributed by atoms with Crippen LogP contribution in [0.5, 0.6) is 5.75 Å². The van der Waals surface area contributed by atoms with E-state index in [0.29, 0.717) is 17.1 Å². The number of ether oxygens (including phenoxy) is 1. The summed E-state index contributed by atoms with van der Waals surface area (Å²) in [5.41, 5.74) is 1.47. The maximum Gasteiger partial charge on any atom is 0.170 e. The minimum Gasteiger partial charge on any atom is -0.494 e. The molecule has 2 aromatic carbocycles. The second kappa shape index (κ2) is 6.73. The first-order valence-electron chi connectivity index (χ1n) is 6.48. The first kappa shape index (κ1) is 14.8. The summed E-state index contributed by atoms with van der Waals surface area (Å²) in [4.78, 5) is 0. The predicted octanol–water partition coefficient (Wildman–Crippen LogP) is 4.19. The average Bonchev–Trinajstić information content (AvgIpc) is 2.45. The van der Waals surface area contributed by atoms with E-state index in [-0.39, 0.29) is 17.6 Å². The minimum atomic E-state index is -0.346. The standard InChI is InChI=1S/C16H17ClFNO/c1-3-19-16(11-6-4-7-12(17)10-11)13-8-5-9-14(20-2)15(13)18/h4-10,16,19H,3H2,1-2H3. The number of benzene rings is 2. The summed E-state index contributed by atoms with van der Waals surface area (Å²) in [5.74, 6) is -0.103. The molecule has 0 amide bonds. The van der Waals surface area contributed by atoms with Gasteiger partial charge >= 0.3 is 0 Å². The Balaban J connectivity index is 2.48. The molecular formula is C16H17ClFNO. The van der Waals surface area contributed by atoms with E-state index in [4.69, 9.17) is 16.3 Å². The van der Waals surface area contributed by atoms with E-state index in [2.05, 4.69) is 5.32 Å². The van der Waals surface area contributed by atoms with Crippen molar-refractivity contribution in [1.29, 1.82) is 0 Å². The molecule has 0 heterocycles. The van der Waals surface area contributed by atoms with Crippen LogP contribution in [0.15, 0.2) is 42.5 Å². The quantitative estimate of drug-likeness (QED) is 0.892. The normalized spacial score (nSPS) is 12.2. The number of rotatable bonds is 5. The molecule has 0 aliphatic carbocycles. The summed E-state index contributed by atoms with van der Waals surface area (Å²) in [6, 6.07) is 12.3. The van der Waals surface area contributed by atoms with Gasteiger partial charge in [0.1, 0.15) is 0 Å². The molecule has 0 aliphatic heterocycles. The molecule has 106 valence electrons. The lowest BCUT2D eigenvalue weighted by Gasteiger charge is -2.20. The second-order valence-corrected chi connectivity index (χ2v) is 4.85. The van der Waals surface area contributed by atoms with Gasteiger partial charge in [-0.15, -0.1) is 0 Å². The van der Waals surface area contributed by atoms with Gasteiger partial charge in [0, 0.05) is 10.6 Å². The van der Waals surface area contributed by atoms with Crippen LogP contribution in [0.1, 0.15) is 24.1 Å². The fraction of sp³-hybridized carbons (Fsp3) is 0.250. The van der Waals surface area contributed by atoms with E-state index in [1.165, 1.54) is 7.11 Å². The minimum absolute atomic E-state index is 0.243. The Morgan fingerprint density at radius 2 is 2.00 bits per heavy atom. The number of nitrogens with one attached hydrogen (secondary N) is 1. The van der Waals surface area contributed by atoms with Crippen molar-refractivity contribution in [3.05, 3.63) is 64.4 Å². The Morgan fingerprint density at radius 3 is 2.65 bits per heavy atom. The maximum absolute atomic E-state index is 14.4. The molecule has 0 aromatic heterocycles. The van der Waals surface area contributed by atoms with Crippen LogP contribution >= 0.6 is 11.6 Å². The maximum atomic E-state index is 14.4. The third-order valence-corrected chi connectivity index (χ3v) is 3.35. The van der Waals surface area contributed by atoms with Crippen LogP contribution in [0.25, 0.3) is 0 Å². The van der Waals surface area contributed by atoms with Gasteiger partial charge in [0.2, 0.25) is 0 Å². The fourth-order valence-electron chi connectivity index (χ4n) is 2.21. The Bertz CT molecular complexity index is 588. The van der Waals surface area contributed by atoms with Crippen LogP contribution in [-0.4, -0.2) is 13.7 Å². The van der Waals surface area contributed by atoms with Gasteiger partial charge in [-0.3, -0.25) is 0 Å². The van der Waals surface area contributed by atoms with Crippen LogP contribution < -0.4 is 10.1 Å². The molecule has 0 bridgehead atoms. The van der Waals surface area contributed by atoms with E-state index in [1.54, 1.807) is 24.3 Å². The molecule has 0 spiro atoms. The lowest BCUT2D eigenvalue weighted by Crippen LogP contribution is -2.23. The van der Waals surface area contributed by atoms with Gasteiger partial charge in [-0.05, 0) is 30.3 Å². The predicted molar refractivity (Wildman–Crippen MR) is 79.9 cm³/mol. The van der Waals surface area contributed by atoms with Gasteiger partial charge in [0.25, 0.3) is 0 Å². The van der Waals surface area contributed by atoms with E-state index in [1.807, 2.05) is 25.1 Å². The first-order chi connectivity index (χ1) is 9.67. The molecule has 20 heavy (non-hydrogen) atoms. The Hall–Kier alpha value is -1.58. The second-order valence-electron chi connectivity index (χ2n) is 4.41. The Kier molecular flexibility index (Phi) is 4.99. The van der Waals surface area contributed by atoms with Crippen LogP contribution in [0.4, 0.5) is 4.39 Å². The summed E-state index contributed by atoms with van der Waals surface area (Å²) in [6.07, 6.45) is 0. The van der Waals surface area contributed by atoms with E-state index < -0.39 is 0 Å². The highest BCUT2D eigenvalue weighted by Gasteiger charge is 2.19. The van der Waals surface area contributed by atoms with Gasteiger partial charge in [-0.2, -0.15) is 0 Å². The molecule has 1 unspecified atom stereocenters. The summed E-state index contributed by atoms with van der Waals surface area (Å²) >= 11 is 6.03. The zero-order valence-electron chi connectivity index (χ0n) is 11.5. The molecule has 1 N–H and O–H groups in total. The van der Waals surface area contributed by atoms with Crippen LogP contribution in [-0.2, 0) is 0 Å². The van der Waals surface area contributed by atoms with Crippen LogP contribution in [0.3, 0.4) is 0 Å². The van der Waals surface area contributed by atoms with Gasteiger partial charge in [-0.25, -0.2) is 4.39 Å². The largest absolute Gasteiger partial charge is 0.494 e. The highest BCUT2D eigenvalue weighted by Crippen LogP contribution is 2.30. The molecule has 4 heteroatoms.